The van der Waals surface area contributed by atoms with Gasteiger partial charge in [-0.1, -0.05) is 4.73 Å². The van der Waals surface area contributed by atoms with Crippen molar-refractivity contribution >= 4 is 29.0 Å². The van der Waals surface area contributed by atoms with E-state index in [1.165, 1.54) is 13.1 Å². The van der Waals surface area contributed by atoms with Crippen molar-refractivity contribution in [2.24, 2.45) is 12.8 Å². The minimum absolute atomic E-state index is 0. The van der Waals surface area contributed by atoms with Crippen LogP contribution in [-0.4, -0.2) is 33.6 Å². The number of fused-ring (bicyclic) bond motifs is 1. The summed E-state index contributed by atoms with van der Waals surface area (Å²) in [6, 6.07) is 2.48. The molecule has 1 aliphatic rings. The lowest BCUT2D eigenvalue weighted by atomic mass is 10.2. The van der Waals surface area contributed by atoms with Gasteiger partial charge in [-0.2, -0.15) is 0 Å². The van der Waals surface area contributed by atoms with Crippen LogP contribution in [0.1, 0.15) is 6.42 Å². The number of halogens is 2. The zero-order valence-corrected chi connectivity index (χ0v) is 12.6. The van der Waals surface area contributed by atoms with Gasteiger partial charge in [0.1, 0.15) is 5.82 Å². The molecule has 1 aromatic heterocycles. The van der Waals surface area contributed by atoms with Crippen LogP contribution >= 0.6 is 12.4 Å². The number of nitrogens with zero attached hydrogens (tertiary/aromatic N) is 3. The molecule has 0 amide bonds. The Balaban J connectivity index is 0.00000176. The lowest BCUT2D eigenvalue weighted by Crippen LogP contribution is -2.37. The molecule has 0 aliphatic carbocycles. The van der Waals surface area contributed by atoms with Crippen LogP contribution in [0.15, 0.2) is 21.7 Å². The number of rotatable bonds is 1. The van der Waals surface area contributed by atoms with Crippen molar-refractivity contribution in [1.29, 1.82) is 0 Å². The maximum absolute atomic E-state index is 14.2. The highest BCUT2D eigenvalue weighted by molar-refractivity contribution is 5.85. The minimum atomic E-state index is -0.934. The molecular formula is C13H16ClFN4O3. The van der Waals surface area contributed by atoms with E-state index >= 15 is 0 Å². The van der Waals surface area contributed by atoms with Crippen molar-refractivity contribution in [2.75, 3.05) is 18.0 Å². The fourth-order valence-electron chi connectivity index (χ4n) is 2.69. The van der Waals surface area contributed by atoms with E-state index in [1.54, 1.807) is 4.90 Å². The number of aryl methyl sites for hydroxylation is 1. The van der Waals surface area contributed by atoms with E-state index < -0.39 is 17.1 Å². The average Bonchev–Trinajstić information content (AvgIpc) is 2.88. The molecule has 9 heteroatoms. The maximum Gasteiger partial charge on any atom is 0.364 e. The van der Waals surface area contributed by atoms with Crippen molar-refractivity contribution in [3.8, 4) is 0 Å². The third-order valence-corrected chi connectivity index (χ3v) is 3.88. The van der Waals surface area contributed by atoms with Gasteiger partial charge < -0.3 is 15.8 Å². The lowest BCUT2D eigenvalue weighted by Gasteiger charge is -2.20. The zero-order valence-electron chi connectivity index (χ0n) is 11.8. The molecule has 3 N–H and O–H groups in total. The molecule has 3 rings (SSSR count). The van der Waals surface area contributed by atoms with Gasteiger partial charge in [0.2, 0.25) is 0 Å². The summed E-state index contributed by atoms with van der Waals surface area (Å²) in [7, 11) is 1.41. The average molecular weight is 331 g/mol. The second kappa shape index (κ2) is 5.62. The Bertz CT molecular complexity index is 848. The Morgan fingerprint density at radius 3 is 2.64 bits per heavy atom. The van der Waals surface area contributed by atoms with Gasteiger partial charge in [-0.25, -0.2) is 9.18 Å². The highest BCUT2D eigenvalue weighted by atomic mass is 35.5. The van der Waals surface area contributed by atoms with Gasteiger partial charge in [-0.15, -0.1) is 12.4 Å². The van der Waals surface area contributed by atoms with E-state index in [9.17, 15) is 19.2 Å². The van der Waals surface area contributed by atoms with Crippen molar-refractivity contribution in [2.45, 2.75) is 12.5 Å². The molecule has 22 heavy (non-hydrogen) atoms. The molecule has 1 atom stereocenters. The van der Waals surface area contributed by atoms with Crippen molar-refractivity contribution < 1.29 is 9.60 Å². The van der Waals surface area contributed by atoms with E-state index in [1.807, 2.05) is 0 Å². The predicted octanol–water partition coefficient (Wildman–Crippen LogP) is 0.0358. The first-order valence-corrected chi connectivity index (χ1v) is 6.55. The largest absolute Gasteiger partial charge is 0.421 e. The Morgan fingerprint density at radius 2 is 2.05 bits per heavy atom. The van der Waals surface area contributed by atoms with E-state index in [4.69, 9.17) is 5.73 Å². The van der Waals surface area contributed by atoms with Gasteiger partial charge in [0, 0.05) is 26.2 Å². The summed E-state index contributed by atoms with van der Waals surface area (Å²) in [5.41, 5.74) is 4.59. The number of benzene rings is 1. The number of aromatic nitrogens is 2. The zero-order chi connectivity index (χ0) is 15.3. The van der Waals surface area contributed by atoms with Crippen LogP contribution < -0.4 is 21.9 Å². The fourth-order valence-corrected chi connectivity index (χ4v) is 2.69. The second-order valence-electron chi connectivity index (χ2n) is 5.27. The summed E-state index contributed by atoms with van der Waals surface area (Å²) >= 11 is 0. The van der Waals surface area contributed by atoms with E-state index in [0.717, 1.165) is 17.1 Å². The molecule has 1 aliphatic heterocycles. The summed E-state index contributed by atoms with van der Waals surface area (Å²) < 4.78 is 15.3. The van der Waals surface area contributed by atoms with Gasteiger partial charge in [-0.05, 0) is 18.6 Å². The Hall–Kier alpha value is -2.06. The van der Waals surface area contributed by atoms with Crippen LogP contribution in [0.4, 0.5) is 10.1 Å². The smallest absolute Gasteiger partial charge is 0.364 e. The molecule has 1 saturated heterocycles. The number of hydrogen-bond donors (Lipinski definition) is 2. The molecule has 0 bridgehead atoms. The fraction of sp³-hybridized carbons (Fsp3) is 0.385. The molecule has 0 saturated carbocycles. The standard InChI is InChI=1S/C13H15FN4O3.ClH/c1-16-10-5-11(17-3-2-7(15)6-17)9(14)4-8(10)12(19)18(21)13(16)20;/h4-5,7,21H,2-3,6,15H2,1H3;1H. The van der Waals surface area contributed by atoms with Gasteiger partial charge in [-0.3, -0.25) is 9.36 Å². The molecule has 1 unspecified atom stereocenters. The first-order chi connectivity index (χ1) is 9.90. The molecule has 120 valence electrons. The third kappa shape index (κ3) is 2.34. The number of anilines is 1. The summed E-state index contributed by atoms with van der Waals surface area (Å²) in [4.78, 5) is 25.3. The van der Waals surface area contributed by atoms with Crippen molar-refractivity contribution in [1.82, 2.24) is 9.30 Å². The van der Waals surface area contributed by atoms with Crippen LogP contribution in [0.5, 0.6) is 0 Å². The van der Waals surface area contributed by atoms with Gasteiger partial charge in [0.25, 0.3) is 5.56 Å². The Labute approximate surface area is 130 Å². The molecule has 0 radical (unpaired) electrons. The monoisotopic (exact) mass is 330 g/mol. The van der Waals surface area contributed by atoms with Gasteiger partial charge >= 0.3 is 5.69 Å². The Morgan fingerprint density at radius 1 is 1.36 bits per heavy atom. The lowest BCUT2D eigenvalue weighted by molar-refractivity contribution is 0.158. The predicted molar refractivity (Wildman–Crippen MR) is 82.6 cm³/mol. The normalized spacial score (nSPS) is 17.8. The van der Waals surface area contributed by atoms with Crippen LogP contribution in [0.3, 0.4) is 0 Å². The quantitative estimate of drug-likeness (QED) is 0.720. The highest BCUT2D eigenvalue weighted by Gasteiger charge is 2.23. The first kappa shape index (κ1) is 16.3. The molecule has 2 heterocycles. The third-order valence-electron chi connectivity index (χ3n) is 3.88. The van der Waals surface area contributed by atoms with Crippen LogP contribution in [-0.2, 0) is 7.05 Å². The molecule has 2 aromatic rings. The minimum Gasteiger partial charge on any atom is -0.421 e. The number of hydrogen-bond acceptors (Lipinski definition) is 5. The van der Waals surface area contributed by atoms with Crippen molar-refractivity contribution in [3.05, 3.63) is 38.8 Å². The summed E-state index contributed by atoms with van der Waals surface area (Å²) in [6.07, 6.45) is 0.759. The van der Waals surface area contributed by atoms with Crippen molar-refractivity contribution in [3.63, 3.8) is 0 Å². The first-order valence-electron chi connectivity index (χ1n) is 6.55. The van der Waals surface area contributed by atoms with Gasteiger partial charge in [0.15, 0.2) is 0 Å². The topological polar surface area (TPSA) is 93.5 Å². The second-order valence-corrected chi connectivity index (χ2v) is 5.27. The molecular weight excluding hydrogens is 315 g/mol. The highest BCUT2D eigenvalue weighted by Crippen LogP contribution is 2.26. The van der Waals surface area contributed by atoms with E-state index in [0.29, 0.717) is 18.8 Å². The van der Waals surface area contributed by atoms with Crippen LogP contribution in [0.25, 0.3) is 10.9 Å². The summed E-state index contributed by atoms with van der Waals surface area (Å²) in [5, 5.41) is 9.36. The van der Waals surface area contributed by atoms with Gasteiger partial charge in [0.05, 0.1) is 16.6 Å². The molecule has 0 spiro atoms. The molecule has 1 fully saturated rings. The van der Waals surface area contributed by atoms with E-state index in [-0.39, 0.29) is 34.1 Å². The van der Waals surface area contributed by atoms with Crippen LogP contribution in [0.2, 0.25) is 0 Å². The van der Waals surface area contributed by atoms with Crippen LogP contribution in [0, 0.1) is 5.82 Å². The SMILES string of the molecule is Cl.Cn1c(=O)n(O)c(=O)c2cc(F)c(N3CCC(N)C3)cc21. The number of nitrogens with two attached hydrogens (primary N) is 1. The van der Waals surface area contributed by atoms with E-state index in [2.05, 4.69) is 0 Å². The maximum atomic E-state index is 14.2. The molecule has 7 nitrogen and oxygen atoms in total. The molecule has 1 aromatic carbocycles. The summed E-state index contributed by atoms with van der Waals surface area (Å²) in [5.74, 6) is -0.577. The summed E-state index contributed by atoms with van der Waals surface area (Å²) in [6.45, 7) is 1.14. The Kier molecular flexibility index (Phi) is 4.17.